The minimum absolute atomic E-state index is 0.0174. The molecule has 2 aliphatic rings. The molecule has 6 nitrogen and oxygen atoms in total. The third kappa shape index (κ3) is 6.14. The van der Waals surface area contributed by atoms with Gasteiger partial charge in [0.2, 0.25) is 11.8 Å². The van der Waals surface area contributed by atoms with Gasteiger partial charge in [-0.2, -0.15) is 0 Å². The molecule has 136 valence electrons. The van der Waals surface area contributed by atoms with Crippen LogP contribution in [-0.4, -0.2) is 67.4 Å². The smallest absolute Gasteiger partial charge is 0.238 e. The van der Waals surface area contributed by atoms with E-state index in [9.17, 15) is 9.59 Å². The van der Waals surface area contributed by atoms with Crippen LogP contribution in [0.1, 0.15) is 24.8 Å². The number of hydrogen-bond acceptors (Lipinski definition) is 4. The van der Waals surface area contributed by atoms with E-state index >= 15 is 0 Å². The van der Waals surface area contributed by atoms with Crippen LogP contribution in [0.25, 0.3) is 0 Å². The van der Waals surface area contributed by atoms with E-state index in [1.807, 2.05) is 24.3 Å². The summed E-state index contributed by atoms with van der Waals surface area (Å²) in [5.74, 6) is 0.0918. The largest absolute Gasteiger partial charge is 0.353 e. The summed E-state index contributed by atoms with van der Waals surface area (Å²) < 4.78 is 0. The van der Waals surface area contributed by atoms with Gasteiger partial charge in [-0.15, -0.1) is 0 Å². The van der Waals surface area contributed by atoms with Gasteiger partial charge in [-0.3, -0.25) is 14.5 Å². The van der Waals surface area contributed by atoms with Crippen LogP contribution in [0.5, 0.6) is 0 Å². The molecule has 1 aliphatic carbocycles. The van der Waals surface area contributed by atoms with Crippen LogP contribution in [0.3, 0.4) is 0 Å². The first-order valence-electron chi connectivity index (χ1n) is 9.17. The standard InChI is InChI=1S/C19H28N4O2/c1-22-9-2-10-23(12-11-22)14-19(25)21-16-5-3-15(4-6-16)13-18(24)20-17-7-8-17/h3-6,17H,2,7-14H2,1H3,(H,20,24)(H,21,25). The maximum absolute atomic E-state index is 12.2. The zero-order valence-corrected chi connectivity index (χ0v) is 15.0. The average molecular weight is 344 g/mol. The minimum atomic E-state index is 0.0174. The van der Waals surface area contributed by atoms with Gasteiger partial charge in [0.15, 0.2) is 0 Å². The van der Waals surface area contributed by atoms with Gasteiger partial charge in [-0.25, -0.2) is 0 Å². The lowest BCUT2D eigenvalue weighted by molar-refractivity contribution is -0.120. The van der Waals surface area contributed by atoms with Crippen LogP contribution < -0.4 is 10.6 Å². The number of anilines is 1. The fourth-order valence-corrected chi connectivity index (χ4v) is 3.06. The van der Waals surface area contributed by atoms with E-state index in [1.54, 1.807) is 0 Å². The Labute approximate surface area is 149 Å². The van der Waals surface area contributed by atoms with Gasteiger partial charge >= 0.3 is 0 Å². The number of hydrogen-bond donors (Lipinski definition) is 2. The predicted molar refractivity (Wildman–Crippen MR) is 98.5 cm³/mol. The lowest BCUT2D eigenvalue weighted by Gasteiger charge is -2.19. The van der Waals surface area contributed by atoms with Crippen LogP contribution in [-0.2, 0) is 16.0 Å². The normalized spacial score (nSPS) is 19.2. The number of rotatable bonds is 6. The second kappa shape index (κ2) is 8.45. The van der Waals surface area contributed by atoms with E-state index in [-0.39, 0.29) is 11.8 Å². The summed E-state index contributed by atoms with van der Waals surface area (Å²) >= 11 is 0. The van der Waals surface area contributed by atoms with Crippen molar-refractivity contribution in [2.45, 2.75) is 31.7 Å². The molecular formula is C19H28N4O2. The molecule has 6 heteroatoms. The molecule has 1 aromatic rings. The minimum Gasteiger partial charge on any atom is -0.353 e. The summed E-state index contributed by atoms with van der Waals surface area (Å²) in [5.41, 5.74) is 1.75. The lowest BCUT2D eigenvalue weighted by Crippen LogP contribution is -2.35. The van der Waals surface area contributed by atoms with Crippen molar-refractivity contribution in [1.29, 1.82) is 0 Å². The molecule has 2 N–H and O–H groups in total. The monoisotopic (exact) mass is 344 g/mol. The Balaban J connectivity index is 1.43. The molecule has 2 amide bonds. The van der Waals surface area contributed by atoms with Gasteiger partial charge in [0.1, 0.15) is 0 Å². The fraction of sp³-hybridized carbons (Fsp3) is 0.579. The van der Waals surface area contributed by atoms with Crippen LogP contribution in [0.2, 0.25) is 0 Å². The highest BCUT2D eigenvalue weighted by Crippen LogP contribution is 2.19. The van der Waals surface area contributed by atoms with E-state index in [2.05, 4.69) is 27.5 Å². The van der Waals surface area contributed by atoms with Gasteiger partial charge in [0, 0.05) is 24.8 Å². The Morgan fingerprint density at radius 3 is 2.52 bits per heavy atom. The first-order chi connectivity index (χ1) is 12.1. The SMILES string of the molecule is CN1CCCN(CC(=O)Nc2ccc(CC(=O)NC3CC3)cc2)CC1. The quantitative estimate of drug-likeness (QED) is 0.811. The summed E-state index contributed by atoms with van der Waals surface area (Å²) in [4.78, 5) is 28.5. The van der Waals surface area contributed by atoms with Crippen LogP contribution in [0.4, 0.5) is 5.69 Å². The van der Waals surface area contributed by atoms with Gasteiger partial charge in [0.25, 0.3) is 0 Å². The molecule has 0 spiro atoms. The number of nitrogens with one attached hydrogen (secondary N) is 2. The van der Waals surface area contributed by atoms with Crippen molar-refractivity contribution in [3.8, 4) is 0 Å². The molecule has 1 aromatic carbocycles. The van der Waals surface area contributed by atoms with Crippen LogP contribution in [0, 0.1) is 0 Å². The van der Waals surface area contributed by atoms with Crippen LogP contribution in [0.15, 0.2) is 24.3 Å². The number of likely N-dealkylation sites (N-methyl/N-ethyl adjacent to an activating group) is 1. The molecule has 0 aromatic heterocycles. The summed E-state index contributed by atoms with van der Waals surface area (Å²) in [6, 6.07) is 7.94. The van der Waals surface area contributed by atoms with Crippen LogP contribution >= 0.6 is 0 Å². The first-order valence-corrected chi connectivity index (χ1v) is 9.17. The second-order valence-corrected chi connectivity index (χ2v) is 7.20. The second-order valence-electron chi connectivity index (χ2n) is 7.20. The van der Waals surface area contributed by atoms with Gasteiger partial charge in [-0.1, -0.05) is 12.1 Å². The molecule has 0 bridgehead atoms. The Kier molecular flexibility index (Phi) is 6.04. The van der Waals surface area contributed by atoms with E-state index in [0.717, 1.165) is 56.7 Å². The predicted octanol–water partition coefficient (Wildman–Crippen LogP) is 1.08. The molecule has 3 rings (SSSR count). The molecular weight excluding hydrogens is 316 g/mol. The molecule has 1 saturated carbocycles. The van der Waals surface area contributed by atoms with Crippen molar-refractivity contribution < 1.29 is 9.59 Å². The van der Waals surface area contributed by atoms with E-state index in [0.29, 0.717) is 19.0 Å². The average Bonchev–Trinajstić information content (AvgIpc) is 3.39. The topological polar surface area (TPSA) is 64.7 Å². The third-order valence-corrected chi connectivity index (χ3v) is 4.72. The molecule has 1 aliphatic heterocycles. The first kappa shape index (κ1) is 17.9. The molecule has 25 heavy (non-hydrogen) atoms. The molecule has 1 saturated heterocycles. The number of nitrogens with zero attached hydrogens (tertiary/aromatic N) is 2. The van der Waals surface area contributed by atoms with Crippen molar-refractivity contribution in [1.82, 2.24) is 15.1 Å². The summed E-state index contributed by atoms with van der Waals surface area (Å²) in [7, 11) is 2.12. The van der Waals surface area contributed by atoms with Crippen molar-refractivity contribution in [3.63, 3.8) is 0 Å². The Morgan fingerprint density at radius 2 is 1.80 bits per heavy atom. The fourth-order valence-electron chi connectivity index (χ4n) is 3.06. The Hall–Kier alpha value is -1.92. The number of carbonyl (C=O) groups is 2. The zero-order chi connectivity index (χ0) is 17.6. The van der Waals surface area contributed by atoms with E-state index in [4.69, 9.17) is 0 Å². The highest BCUT2D eigenvalue weighted by molar-refractivity contribution is 5.92. The molecule has 0 unspecified atom stereocenters. The van der Waals surface area contributed by atoms with Crippen molar-refractivity contribution in [2.75, 3.05) is 45.1 Å². The van der Waals surface area contributed by atoms with Gasteiger partial charge < -0.3 is 15.5 Å². The van der Waals surface area contributed by atoms with E-state index in [1.165, 1.54) is 0 Å². The van der Waals surface area contributed by atoms with E-state index < -0.39 is 0 Å². The van der Waals surface area contributed by atoms with Crippen molar-refractivity contribution in [3.05, 3.63) is 29.8 Å². The summed E-state index contributed by atoms with van der Waals surface area (Å²) in [6.07, 6.45) is 3.70. The molecule has 2 fully saturated rings. The number of carbonyl (C=O) groups excluding carboxylic acids is 2. The summed E-state index contributed by atoms with van der Waals surface area (Å²) in [5, 5.41) is 5.93. The Bertz CT molecular complexity index is 598. The molecule has 0 radical (unpaired) electrons. The molecule has 0 atom stereocenters. The highest BCUT2D eigenvalue weighted by atomic mass is 16.2. The van der Waals surface area contributed by atoms with Gasteiger partial charge in [-0.05, 0) is 57.1 Å². The van der Waals surface area contributed by atoms with Crippen molar-refractivity contribution >= 4 is 17.5 Å². The number of benzene rings is 1. The summed E-state index contributed by atoms with van der Waals surface area (Å²) in [6.45, 7) is 4.42. The highest BCUT2D eigenvalue weighted by Gasteiger charge is 2.23. The van der Waals surface area contributed by atoms with Crippen molar-refractivity contribution in [2.24, 2.45) is 0 Å². The Morgan fingerprint density at radius 1 is 1.04 bits per heavy atom. The molecule has 1 heterocycles. The zero-order valence-electron chi connectivity index (χ0n) is 15.0. The lowest BCUT2D eigenvalue weighted by atomic mass is 10.1. The maximum Gasteiger partial charge on any atom is 0.238 e. The van der Waals surface area contributed by atoms with Gasteiger partial charge in [0.05, 0.1) is 13.0 Å². The number of amides is 2. The maximum atomic E-state index is 12.2. The third-order valence-electron chi connectivity index (χ3n) is 4.72.